The average Bonchev–Trinajstić information content (AvgIpc) is 2.46. The van der Waals surface area contributed by atoms with Crippen LogP contribution in [0, 0.1) is 5.82 Å². The molecule has 0 radical (unpaired) electrons. The number of methoxy groups -OCH3 is 1. The monoisotopic (exact) mass is 258 g/mol. The fourth-order valence-electron chi connectivity index (χ4n) is 1.95. The van der Waals surface area contributed by atoms with Crippen molar-refractivity contribution in [2.24, 2.45) is 0 Å². The minimum atomic E-state index is -0.296. The predicted molar refractivity (Wildman–Crippen MR) is 73.0 cm³/mol. The summed E-state index contributed by atoms with van der Waals surface area (Å²) in [5, 5.41) is 0. The molecule has 2 nitrogen and oxygen atoms in total. The first-order chi connectivity index (χ1) is 9.15. The lowest BCUT2D eigenvalue weighted by molar-refractivity contribution is 0.0989. The number of ketones is 1. The summed E-state index contributed by atoms with van der Waals surface area (Å²) in [7, 11) is 1.57. The van der Waals surface area contributed by atoms with Crippen LogP contribution in [-0.2, 0) is 0 Å². The molecule has 0 bridgehead atoms. The average molecular weight is 258 g/mol. The summed E-state index contributed by atoms with van der Waals surface area (Å²) in [6.07, 6.45) is 0.431. The predicted octanol–water partition coefficient (Wildman–Crippen LogP) is 4.09. The number of carbonyl (C=O) groups is 1. The Labute approximate surface area is 111 Å². The molecule has 0 aromatic heterocycles. The van der Waals surface area contributed by atoms with E-state index in [1.165, 1.54) is 12.1 Å². The number of ether oxygens (including phenoxy) is 1. The topological polar surface area (TPSA) is 26.3 Å². The molecule has 0 aliphatic carbocycles. The van der Waals surface area contributed by atoms with Crippen LogP contribution in [0.5, 0.6) is 5.75 Å². The lowest BCUT2D eigenvalue weighted by Crippen LogP contribution is -2.00. The van der Waals surface area contributed by atoms with E-state index < -0.39 is 0 Å². The van der Waals surface area contributed by atoms with Crippen LogP contribution in [0.3, 0.4) is 0 Å². The molecule has 0 atom stereocenters. The minimum absolute atomic E-state index is 0.0574. The Morgan fingerprint density at radius 3 is 2.42 bits per heavy atom. The SMILES string of the molecule is CCC(=O)c1ccc(OC)cc1-c1ccc(F)cc1. The van der Waals surface area contributed by atoms with Crippen molar-refractivity contribution in [2.45, 2.75) is 13.3 Å². The van der Waals surface area contributed by atoms with Gasteiger partial charge in [0.1, 0.15) is 11.6 Å². The number of hydrogen-bond donors (Lipinski definition) is 0. The van der Waals surface area contributed by atoms with Crippen LogP contribution in [0.15, 0.2) is 42.5 Å². The van der Waals surface area contributed by atoms with Crippen molar-refractivity contribution in [3.8, 4) is 16.9 Å². The Morgan fingerprint density at radius 2 is 1.84 bits per heavy atom. The molecular weight excluding hydrogens is 243 g/mol. The molecule has 0 fully saturated rings. The van der Waals surface area contributed by atoms with Crippen molar-refractivity contribution >= 4 is 5.78 Å². The van der Waals surface area contributed by atoms with Gasteiger partial charge in [0.2, 0.25) is 0 Å². The highest BCUT2D eigenvalue weighted by Gasteiger charge is 2.12. The first-order valence-corrected chi connectivity index (χ1v) is 6.13. The molecule has 2 aromatic rings. The fourth-order valence-corrected chi connectivity index (χ4v) is 1.95. The molecule has 0 aliphatic rings. The second-order valence-corrected chi connectivity index (χ2v) is 4.20. The van der Waals surface area contributed by atoms with Crippen molar-refractivity contribution in [3.63, 3.8) is 0 Å². The van der Waals surface area contributed by atoms with Crippen LogP contribution >= 0.6 is 0 Å². The van der Waals surface area contributed by atoms with E-state index in [0.29, 0.717) is 17.7 Å². The van der Waals surface area contributed by atoms with Gasteiger partial charge in [-0.05, 0) is 41.5 Å². The number of carbonyl (C=O) groups excluding carboxylic acids is 1. The molecule has 2 aromatic carbocycles. The Kier molecular flexibility index (Phi) is 3.95. The van der Waals surface area contributed by atoms with Crippen molar-refractivity contribution in [2.75, 3.05) is 7.11 Å². The van der Waals surface area contributed by atoms with Crippen LogP contribution < -0.4 is 4.74 Å². The molecular formula is C16H15FO2. The van der Waals surface area contributed by atoms with Crippen molar-refractivity contribution < 1.29 is 13.9 Å². The van der Waals surface area contributed by atoms with Crippen LogP contribution in [0.4, 0.5) is 4.39 Å². The maximum atomic E-state index is 13.0. The first-order valence-electron chi connectivity index (χ1n) is 6.13. The van der Waals surface area contributed by atoms with E-state index in [-0.39, 0.29) is 11.6 Å². The second-order valence-electron chi connectivity index (χ2n) is 4.20. The highest BCUT2D eigenvalue weighted by molar-refractivity contribution is 6.02. The molecule has 3 heteroatoms. The van der Waals surface area contributed by atoms with Crippen molar-refractivity contribution in [3.05, 3.63) is 53.8 Å². The molecule has 98 valence electrons. The van der Waals surface area contributed by atoms with Gasteiger partial charge in [-0.1, -0.05) is 19.1 Å². The van der Waals surface area contributed by atoms with E-state index in [1.54, 1.807) is 37.4 Å². The van der Waals surface area contributed by atoms with E-state index >= 15 is 0 Å². The molecule has 0 saturated heterocycles. The molecule has 19 heavy (non-hydrogen) atoms. The zero-order valence-corrected chi connectivity index (χ0v) is 10.9. The largest absolute Gasteiger partial charge is 0.497 e. The molecule has 2 rings (SSSR count). The van der Waals surface area contributed by atoms with E-state index in [0.717, 1.165) is 11.1 Å². The highest BCUT2D eigenvalue weighted by atomic mass is 19.1. The summed E-state index contributed by atoms with van der Waals surface area (Å²) in [5.41, 5.74) is 2.21. The number of benzene rings is 2. The summed E-state index contributed by atoms with van der Waals surface area (Å²) in [6, 6.07) is 11.4. The minimum Gasteiger partial charge on any atom is -0.497 e. The van der Waals surface area contributed by atoms with Gasteiger partial charge in [0.05, 0.1) is 7.11 Å². The van der Waals surface area contributed by atoms with Gasteiger partial charge in [0, 0.05) is 12.0 Å². The third kappa shape index (κ3) is 2.81. The lowest BCUT2D eigenvalue weighted by Gasteiger charge is -2.10. The lowest BCUT2D eigenvalue weighted by atomic mass is 9.96. The summed E-state index contributed by atoms with van der Waals surface area (Å²) < 4.78 is 18.2. The quantitative estimate of drug-likeness (QED) is 0.772. The van der Waals surface area contributed by atoms with Crippen LogP contribution in [0.1, 0.15) is 23.7 Å². The molecule has 0 unspecified atom stereocenters. The molecule has 0 N–H and O–H groups in total. The Bertz CT molecular complexity index is 588. The third-order valence-electron chi connectivity index (χ3n) is 3.00. The van der Waals surface area contributed by atoms with Gasteiger partial charge >= 0.3 is 0 Å². The van der Waals surface area contributed by atoms with Crippen LogP contribution in [0.25, 0.3) is 11.1 Å². The van der Waals surface area contributed by atoms with Gasteiger partial charge in [0.25, 0.3) is 0 Å². The van der Waals surface area contributed by atoms with Crippen molar-refractivity contribution in [1.29, 1.82) is 0 Å². The molecule has 0 amide bonds. The fraction of sp³-hybridized carbons (Fsp3) is 0.188. The van der Waals surface area contributed by atoms with Crippen LogP contribution in [0.2, 0.25) is 0 Å². The van der Waals surface area contributed by atoms with E-state index in [1.807, 2.05) is 6.92 Å². The maximum Gasteiger partial charge on any atom is 0.163 e. The Balaban J connectivity index is 2.57. The van der Waals surface area contributed by atoms with E-state index in [9.17, 15) is 9.18 Å². The van der Waals surface area contributed by atoms with Gasteiger partial charge in [-0.3, -0.25) is 4.79 Å². The van der Waals surface area contributed by atoms with Gasteiger partial charge in [-0.2, -0.15) is 0 Å². The maximum absolute atomic E-state index is 13.0. The van der Waals surface area contributed by atoms with Gasteiger partial charge < -0.3 is 4.74 Å². The Hall–Kier alpha value is -2.16. The number of halogens is 1. The highest BCUT2D eigenvalue weighted by Crippen LogP contribution is 2.29. The molecule has 0 aliphatic heterocycles. The zero-order valence-electron chi connectivity index (χ0n) is 10.9. The Morgan fingerprint density at radius 1 is 1.16 bits per heavy atom. The smallest absolute Gasteiger partial charge is 0.163 e. The zero-order chi connectivity index (χ0) is 13.8. The standard InChI is InChI=1S/C16H15FO2/c1-3-16(18)14-9-8-13(19-2)10-15(14)11-4-6-12(17)7-5-11/h4-10H,3H2,1-2H3. The van der Waals surface area contributed by atoms with Gasteiger partial charge in [-0.15, -0.1) is 0 Å². The first kappa shape index (κ1) is 13.3. The molecule has 0 spiro atoms. The van der Waals surface area contributed by atoms with Crippen molar-refractivity contribution in [1.82, 2.24) is 0 Å². The summed E-state index contributed by atoms with van der Waals surface area (Å²) in [5.74, 6) is 0.434. The molecule has 0 saturated carbocycles. The number of rotatable bonds is 4. The number of Topliss-reactive ketones (excluding diaryl/α,β-unsaturated/α-hetero) is 1. The van der Waals surface area contributed by atoms with E-state index in [2.05, 4.69) is 0 Å². The van der Waals surface area contributed by atoms with E-state index in [4.69, 9.17) is 4.74 Å². The van der Waals surface area contributed by atoms with Crippen LogP contribution in [-0.4, -0.2) is 12.9 Å². The summed E-state index contributed by atoms with van der Waals surface area (Å²) >= 11 is 0. The van der Waals surface area contributed by atoms with Gasteiger partial charge in [0.15, 0.2) is 5.78 Å². The number of hydrogen-bond acceptors (Lipinski definition) is 2. The normalized spacial score (nSPS) is 10.3. The second kappa shape index (κ2) is 5.65. The summed E-state index contributed by atoms with van der Waals surface area (Å²) in [6.45, 7) is 1.82. The summed E-state index contributed by atoms with van der Waals surface area (Å²) in [4.78, 5) is 12.0. The third-order valence-corrected chi connectivity index (χ3v) is 3.00. The molecule has 0 heterocycles. The van der Waals surface area contributed by atoms with Gasteiger partial charge in [-0.25, -0.2) is 4.39 Å².